The Kier molecular flexibility index (Phi) is 4.55. The van der Waals surface area contributed by atoms with E-state index in [-0.39, 0.29) is 11.9 Å². The predicted molar refractivity (Wildman–Crippen MR) is 87.4 cm³/mol. The number of amides is 1. The molecule has 24 heavy (non-hydrogen) atoms. The number of aliphatic carboxylic acids is 1. The van der Waals surface area contributed by atoms with Crippen LogP contribution in [0.4, 0.5) is 0 Å². The molecule has 1 aromatic heterocycles. The molecule has 6 nitrogen and oxygen atoms in total. The number of carboxylic acids is 1. The van der Waals surface area contributed by atoms with Crippen molar-refractivity contribution in [3.05, 3.63) is 59.2 Å². The molecule has 2 atom stereocenters. The van der Waals surface area contributed by atoms with Crippen LogP contribution >= 0.6 is 0 Å². The first-order valence-corrected chi connectivity index (χ1v) is 7.94. The molecule has 1 heterocycles. The van der Waals surface area contributed by atoms with Crippen molar-refractivity contribution in [2.75, 3.05) is 0 Å². The van der Waals surface area contributed by atoms with Gasteiger partial charge in [-0.3, -0.25) is 9.59 Å². The lowest BCUT2D eigenvalue weighted by atomic mass is 10.0. The Hall–Kier alpha value is -2.76. The molecule has 6 heteroatoms. The standard InChI is InChI=1S/C18H19N3O3/c1-11-19-9-8-12(20-11)6-7-17(22)21-16-10-15(18(23)24)13-4-2-3-5-14(13)16/h2-5,8-9,15-16H,6-7,10H2,1H3,(H,21,22)(H,23,24). The molecule has 1 aliphatic rings. The van der Waals surface area contributed by atoms with Gasteiger partial charge in [-0.2, -0.15) is 0 Å². The van der Waals surface area contributed by atoms with Crippen LogP contribution in [0, 0.1) is 6.92 Å². The molecule has 124 valence electrons. The van der Waals surface area contributed by atoms with Crippen LogP contribution in [-0.4, -0.2) is 27.0 Å². The van der Waals surface area contributed by atoms with Crippen LogP contribution in [0.15, 0.2) is 36.5 Å². The van der Waals surface area contributed by atoms with Crippen molar-refractivity contribution >= 4 is 11.9 Å². The average Bonchev–Trinajstić information content (AvgIpc) is 2.92. The zero-order chi connectivity index (χ0) is 17.1. The lowest BCUT2D eigenvalue weighted by molar-refractivity contribution is -0.139. The van der Waals surface area contributed by atoms with Crippen molar-refractivity contribution in [2.45, 2.75) is 38.1 Å². The Labute approximate surface area is 140 Å². The second-order valence-corrected chi connectivity index (χ2v) is 5.97. The van der Waals surface area contributed by atoms with Crippen molar-refractivity contribution in [3.63, 3.8) is 0 Å². The van der Waals surface area contributed by atoms with Crippen LogP contribution in [0.1, 0.15) is 47.4 Å². The lowest BCUT2D eigenvalue weighted by Crippen LogP contribution is -2.27. The highest BCUT2D eigenvalue weighted by atomic mass is 16.4. The zero-order valence-electron chi connectivity index (χ0n) is 13.4. The summed E-state index contributed by atoms with van der Waals surface area (Å²) >= 11 is 0. The maximum atomic E-state index is 12.2. The van der Waals surface area contributed by atoms with Crippen LogP contribution in [0.25, 0.3) is 0 Å². The van der Waals surface area contributed by atoms with E-state index in [0.717, 1.165) is 16.8 Å². The smallest absolute Gasteiger partial charge is 0.311 e. The largest absolute Gasteiger partial charge is 0.481 e. The van der Waals surface area contributed by atoms with Gasteiger partial charge in [0, 0.05) is 18.3 Å². The molecule has 0 radical (unpaired) electrons. The molecule has 0 saturated heterocycles. The molecule has 0 spiro atoms. The van der Waals surface area contributed by atoms with Crippen molar-refractivity contribution in [3.8, 4) is 0 Å². The molecule has 1 aromatic carbocycles. The molecule has 1 aliphatic carbocycles. The Morgan fingerprint density at radius 2 is 2.00 bits per heavy atom. The van der Waals surface area contributed by atoms with Crippen LogP contribution in [0.3, 0.4) is 0 Å². The molecule has 0 saturated carbocycles. The van der Waals surface area contributed by atoms with E-state index >= 15 is 0 Å². The van der Waals surface area contributed by atoms with E-state index in [4.69, 9.17) is 0 Å². The van der Waals surface area contributed by atoms with Gasteiger partial charge >= 0.3 is 5.97 Å². The Morgan fingerprint density at radius 1 is 1.25 bits per heavy atom. The average molecular weight is 325 g/mol. The number of hydrogen-bond donors (Lipinski definition) is 2. The summed E-state index contributed by atoms with van der Waals surface area (Å²) in [7, 11) is 0. The minimum Gasteiger partial charge on any atom is -0.481 e. The number of rotatable bonds is 5. The van der Waals surface area contributed by atoms with Gasteiger partial charge in [-0.25, -0.2) is 9.97 Å². The molecule has 0 fully saturated rings. The summed E-state index contributed by atoms with van der Waals surface area (Å²) < 4.78 is 0. The van der Waals surface area contributed by atoms with E-state index in [0.29, 0.717) is 25.1 Å². The fourth-order valence-corrected chi connectivity index (χ4v) is 3.16. The number of benzene rings is 1. The van der Waals surface area contributed by atoms with Gasteiger partial charge < -0.3 is 10.4 Å². The van der Waals surface area contributed by atoms with Crippen molar-refractivity contribution in [1.29, 1.82) is 0 Å². The van der Waals surface area contributed by atoms with Crippen LogP contribution in [-0.2, 0) is 16.0 Å². The Bertz CT molecular complexity index is 776. The summed E-state index contributed by atoms with van der Waals surface area (Å²) in [5.41, 5.74) is 2.52. The molecule has 3 rings (SSSR count). The predicted octanol–water partition coefficient (Wildman–Crippen LogP) is 2.15. The van der Waals surface area contributed by atoms with Crippen molar-refractivity contribution in [2.24, 2.45) is 0 Å². The lowest BCUT2D eigenvalue weighted by Gasteiger charge is -2.14. The van der Waals surface area contributed by atoms with E-state index in [2.05, 4.69) is 15.3 Å². The summed E-state index contributed by atoms with van der Waals surface area (Å²) in [6.07, 6.45) is 2.92. The summed E-state index contributed by atoms with van der Waals surface area (Å²) in [4.78, 5) is 32.0. The van der Waals surface area contributed by atoms with E-state index in [1.807, 2.05) is 31.2 Å². The summed E-state index contributed by atoms with van der Waals surface area (Å²) in [5.74, 6) is -0.828. The Balaban J connectivity index is 1.64. The third kappa shape index (κ3) is 3.42. The molecule has 2 aromatic rings. The number of aryl methyl sites for hydroxylation is 2. The highest BCUT2D eigenvalue weighted by molar-refractivity contribution is 5.80. The van der Waals surface area contributed by atoms with Crippen molar-refractivity contribution < 1.29 is 14.7 Å². The zero-order valence-corrected chi connectivity index (χ0v) is 13.4. The Morgan fingerprint density at radius 3 is 2.71 bits per heavy atom. The molecular weight excluding hydrogens is 306 g/mol. The molecule has 2 N–H and O–H groups in total. The summed E-state index contributed by atoms with van der Waals surface area (Å²) in [6.45, 7) is 1.81. The van der Waals surface area contributed by atoms with Gasteiger partial charge in [-0.1, -0.05) is 24.3 Å². The van der Waals surface area contributed by atoms with Gasteiger partial charge in [0.15, 0.2) is 0 Å². The van der Waals surface area contributed by atoms with Crippen LogP contribution in [0.5, 0.6) is 0 Å². The fourth-order valence-electron chi connectivity index (χ4n) is 3.16. The second kappa shape index (κ2) is 6.78. The number of nitrogens with zero attached hydrogens (tertiary/aromatic N) is 2. The molecule has 0 aliphatic heterocycles. The minimum atomic E-state index is -0.851. The second-order valence-electron chi connectivity index (χ2n) is 5.97. The van der Waals surface area contributed by atoms with Gasteiger partial charge in [-0.15, -0.1) is 0 Å². The molecular formula is C18H19N3O3. The number of carbonyl (C=O) groups excluding carboxylic acids is 1. The van der Waals surface area contributed by atoms with E-state index in [1.165, 1.54) is 0 Å². The topological polar surface area (TPSA) is 92.2 Å². The molecule has 0 bridgehead atoms. The third-order valence-corrected chi connectivity index (χ3v) is 4.29. The van der Waals surface area contributed by atoms with E-state index in [9.17, 15) is 14.7 Å². The number of carboxylic acid groups (broad SMARTS) is 1. The maximum absolute atomic E-state index is 12.2. The quantitative estimate of drug-likeness (QED) is 0.879. The summed E-state index contributed by atoms with van der Waals surface area (Å²) in [5, 5.41) is 12.3. The van der Waals surface area contributed by atoms with Gasteiger partial charge in [0.25, 0.3) is 0 Å². The normalized spacial score (nSPS) is 18.9. The number of fused-ring (bicyclic) bond motifs is 1. The van der Waals surface area contributed by atoms with Crippen molar-refractivity contribution in [1.82, 2.24) is 15.3 Å². The first-order valence-electron chi connectivity index (χ1n) is 7.94. The van der Waals surface area contributed by atoms with Crippen LogP contribution < -0.4 is 5.32 Å². The maximum Gasteiger partial charge on any atom is 0.311 e. The minimum absolute atomic E-state index is 0.0999. The first kappa shape index (κ1) is 16.1. The summed E-state index contributed by atoms with van der Waals surface area (Å²) in [6, 6.07) is 8.96. The number of carbonyl (C=O) groups is 2. The first-order chi connectivity index (χ1) is 11.5. The number of hydrogen-bond acceptors (Lipinski definition) is 4. The monoisotopic (exact) mass is 325 g/mol. The van der Waals surface area contributed by atoms with Gasteiger partial charge in [0.2, 0.25) is 5.91 Å². The SMILES string of the molecule is Cc1nccc(CCC(=O)NC2CC(C(=O)O)c3ccccc32)n1. The molecule has 1 amide bonds. The van der Waals surface area contributed by atoms with E-state index in [1.54, 1.807) is 12.3 Å². The fraction of sp³-hybridized carbons (Fsp3) is 0.333. The van der Waals surface area contributed by atoms with Gasteiger partial charge in [0.05, 0.1) is 12.0 Å². The van der Waals surface area contributed by atoms with Gasteiger partial charge in [-0.05, 0) is 37.0 Å². The van der Waals surface area contributed by atoms with Crippen LogP contribution in [0.2, 0.25) is 0 Å². The molecule has 2 unspecified atom stereocenters. The number of aromatic nitrogens is 2. The van der Waals surface area contributed by atoms with E-state index < -0.39 is 11.9 Å². The number of nitrogens with one attached hydrogen (secondary N) is 1. The highest BCUT2D eigenvalue weighted by Gasteiger charge is 2.35. The third-order valence-electron chi connectivity index (χ3n) is 4.29. The van der Waals surface area contributed by atoms with Gasteiger partial charge in [0.1, 0.15) is 5.82 Å². The highest BCUT2D eigenvalue weighted by Crippen LogP contribution is 2.40.